The van der Waals surface area contributed by atoms with Gasteiger partial charge in [0.2, 0.25) is 0 Å². The van der Waals surface area contributed by atoms with Crippen LogP contribution in [0.3, 0.4) is 0 Å². The van der Waals surface area contributed by atoms with Crippen LogP contribution in [0.1, 0.15) is 6.42 Å². The van der Waals surface area contributed by atoms with E-state index in [2.05, 4.69) is 17.3 Å². The van der Waals surface area contributed by atoms with Gasteiger partial charge in [0, 0.05) is 18.8 Å². The molecule has 16 heavy (non-hydrogen) atoms. The van der Waals surface area contributed by atoms with Crippen LogP contribution in [-0.4, -0.2) is 31.6 Å². The summed E-state index contributed by atoms with van der Waals surface area (Å²) < 4.78 is 13.2. The molecule has 0 amide bonds. The van der Waals surface area contributed by atoms with E-state index in [1.54, 1.807) is 6.07 Å². The number of hydrogen-bond acceptors (Lipinski definition) is 3. The van der Waals surface area contributed by atoms with Crippen molar-refractivity contribution in [2.45, 2.75) is 6.42 Å². The average molecular weight is 223 g/mol. The minimum atomic E-state index is -0.353. The molecule has 1 fully saturated rings. The lowest BCUT2D eigenvalue weighted by Gasteiger charge is -2.13. The standard InChI is InChI=1S/C12H18FN3/c1-16-5-4-9(8-16)7-15-10-2-3-12(14)11(13)6-10/h2-3,6,9,15H,4-5,7-8,14H2,1H3. The first-order valence-electron chi connectivity index (χ1n) is 5.62. The van der Waals surface area contributed by atoms with Crippen molar-refractivity contribution in [2.24, 2.45) is 5.92 Å². The summed E-state index contributed by atoms with van der Waals surface area (Å²) in [6, 6.07) is 4.86. The van der Waals surface area contributed by atoms with Crippen LogP contribution in [0, 0.1) is 11.7 Å². The van der Waals surface area contributed by atoms with Gasteiger partial charge in [-0.05, 0) is 44.1 Å². The van der Waals surface area contributed by atoms with Crippen LogP contribution in [0.25, 0.3) is 0 Å². The molecule has 0 spiro atoms. The van der Waals surface area contributed by atoms with Crippen LogP contribution in [0.2, 0.25) is 0 Å². The average Bonchev–Trinajstić information content (AvgIpc) is 2.66. The minimum absolute atomic E-state index is 0.200. The maximum atomic E-state index is 13.2. The van der Waals surface area contributed by atoms with Crippen molar-refractivity contribution >= 4 is 11.4 Å². The zero-order chi connectivity index (χ0) is 11.5. The SMILES string of the molecule is CN1CCC(CNc2ccc(N)c(F)c2)C1. The van der Waals surface area contributed by atoms with E-state index in [1.165, 1.54) is 12.5 Å². The maximum Gasteiger partial charge on any atom is 0.148 e. The summed E-state index contributed by atoms with van der Waals surface area (Å²) in [6.45, 7) is 3.17. The van der Waals surface area contributed by atoms with E-state index in [0.29, 0.717) is 5.92 Å². The van der Waals surface area contributed by atoms with E-state index in [1.807, 2.05) is 6.07 Å². The van der Waals surface area contributed by atoms with E-state index in [-0.39, 0.29) is 11.5 Å². The van der Waals surface area contributed by atoms with Gasteiger partial charge in [-0.15, -0.1) is 0 Å². The van der Waals surface area contributed by atoms with Gasteiger partial charge in [0.05, 0.1) is 5.69 Å². The molecule has 1 atom stereocenters. The molecule has 1 heterocycles. The molecular formula is C12H18FN3. The second-order valence-corrected chi connectivity index (χ2v) is 4.53. The summed E-state index contributed by atoms with van der Waals surface area (Å²) >= 11 is 0. The molecule has 0 saturated carbocycles. The molecule has 0 aliphatic carbocycles. The zero-order valence-electron chi connectivity index (χ0n) is 9.54. The first-order valence-corrected chi connectivity index (χ1v) is 5.62. The van der Waals surface area contributed by atoms with Gasteiger partial charge in [-0.1, -0.05) is 0 Å². The molecule has 0 bridgehead atoms. The highest BCUT2D eigenvalue weighted by atomic mass is 19.1. The molecular weight excluding hydrogens is 205 g/mol. The molecule has 1 aromatic rings. The Labute approximate surface area is 95.4 Å². The Kier molecular flexibility index (Phi) is 3.29. The van der Waals surface area contributed by atoms with Gasteiger partial charge in [-0.25, -0.2) is 4.39 Å². The topological polar surface area (TPSA) is 41.3 Å². The fraction of sp³-hybridized carbons (Fsp3) is 0.500. The molecule has 2 rings (SSSR count). The third kappa shape index (κ3) is 2.64. The van der Waals surface area contributed by atoms with Crippen molar-refractivity contribution in [1.29, 1.82) is 0 Å². The highest BCUT2D eigenvalue weighted by Gasteiger charge is 2.18. The lowest BCUT2D eigenvalue weighted by Crippen LogP contribution is -2.19. The van der Waals surface area contributed by atoms with Crippen molar-refractivity contribution < 1.29 is 4.39 Å². The number of nitrogens with one attached hydrogen (secondary N) is 1. The van der Waals surface area contributed by atoms with Crippen LogP contribution in [0.15, 0.2) is 18.2 Å². The normalized spacial score (nSPS) is 21.2. The van der Waals surface area contributed by atoms with E-state index >= 15 is 0 Å². The number of rotatable bonds is 3. The zero-order valence-corrected chi connectivity index (χ0v) is 9.54. The van der Waals surface area contributed by atoms with Gasteiger partial charge in [-0.3, -0.25) is 0 Å². The summed E-state index contributed by atoms with van der Waals surface area (Å²) in [5.41, 5.74) is 6.42. The van der Waals surface area contributed by atoms with Gasteiger partial charge in [0.25, 0.3) is 0 Å². The van der Waals surface area contributed by atoms with Crippen LogP contribution >= 0.6 is 0 Å². The fourth-order valence-electron chi connectivity index (χ4n) is 2.09. The largest absolute Gasteiger partial charge is 0.396 e. The molecule has 1 aromatic carbocycles. The number of halogens is 1. The molecule has 3 nitrogen and oxygen atoms in total. The van der Waals surface area contributed by atoms with Gasteiger partial charge in [0.1, 0.15) is 5.82 Å². The third-order valence-electron chi connectivity index (χ3n) is 3.08. The predicted octanol–water partition coefficient (Wildman–Crippen LogP) is 1.77. The number of benzene rings is 1. The quantitative estimate of drug-likeness (QED) is 0.767. The van der Waals surface area contributed by atoms with Gasteiger partial charge < -0.3 is 16.0 Å². The molecule has 1 unspecified atom stereocenters. The van der Waals surface area contributed by atoms with Gasteiger partial charge in [-0.2, -0.15) is 0 Å². The fourth-order valence-corrected chi connectivity index (χ4v) is 2.09. The Morgan fingerprint density at radius 1 is 1.56 bits per heavy atom. The molecule has 3 N–H and O–H groups in total. The Balaban J connectivity index is 1.87. The van der Waals surface area contributed by atoms with E-state index in [4.69, 9.17) is 5.73 Å². The van der Waals surface area contributed by atoms with Crippen molar-refractivity contribution in [1.82, 2.24) is 4.90 Å². The number of hydrogen-bond donors (Lipinski definition) is 2. The Bertz CT molecular complexity index is 367. The Morgan fingerprint density at radius 3 is 3.00 bits per heavy atom. The van der Waals surface area contributed by atoms with E-state index in [9.17, 15) is 4.39 Å². The van der Waals surface area contributed by atoms with Crippen molar-refractivity contribution in [3.8, 4) is 0 Å². The molecule has 1 saturated heterocycles. The maximum absolute atomic E-state index is 13.2. The van der Waals surface area contributed by atoms with Crippen molar-refractivity contribution in [2.75, 3.05) is 37.7 Å². The van der Waals surface area contributed by atoms with Crippen LogP contribution in [0.5, 0.6) is 0 Å². The van der Waals surface area contributed by atoms with Crippen molar-refractivity contribution in [3.05, 3.63) is 24.0 Å². The smallest absolute Gasteiger partial charge is 0.148 e. The number of anilines is 2. The third-order valence-corrected chi connectivity index (χ3v) is 3.08. The minimum Gasteiger partial charge on any atom is -0.396 e. The first kappa shape index (κ1) is 11.2. The van der Waals surface area contributed by atoms with Crippen molar-refractivity contribution in [3.63, 3.8) is 0 Å². The summed E-state index contributed by atoms with van der Waals surface area (Å²) in [5, 5.41) is 3.25. The van der Waals surface area contributed by atoms with Crippen LogP contribution in [0.4, 0.5) is 15.8 Å². The van der Waals surface area contributed by atoms with E-state index in [0.717, 1.165) is 25.3 Å². The number of nitrogens with two attached hydrogens (primary N) is 1. The molecule has 88 valence electrons. The Morgan fingerprint density at radius 2 is 2.38 bits per heavy atom. The summed E-state index contributed by atoms with van der Waals surface area (Å²) in [6.07, 6.45) is 1.21. The number of nitrogen functional groups attached to an aromatic ring is 1. The first-order chi connectivity index (χ1) is 7.65. The second-order valence-electron chi connectivity index (χ2n) is 4.53. The number of nitrogens with zero attached hydrogens (tertiary/aromatic N) is 1. The van der Waals surface area contributed by atoms with E-state index < -0.39 is 0 Å². The Hall–Kier alpha value is -1.29. The molecule has 0 radical (unpaired) electrons. The predicted molar refractivity (Wildman–Crippen MR) is 64.9 cm³/mol. The second kappa shape index (κ2) is 4.70. The molecule has 4 heteroatoms. The summed E-state index contributed by atoms with van der Waals surface area (Å²) in [5.74, 6) is 0.305. The van der Waals surface area contributed by atoms with Gasteiger partial charge in [0.15, 0.2) is 0 Å². The highest BCUT2D eigenvalue weighted by Crippen LogP contribution is 2.18. The lowest BCUT2D eigenvalue weighted by atomic mass is 10.1. The molecule has 1 aliphatic heterocycles. The summed E-state index contributed by atoms with van der Waals surface area (Å²) in [7, 11) is 2.13. The lowest BCUT2D eigenvalue weighted by molar-refractivity contribution is 0.399. The van der Waals surface area contributed by atoms with Gasteiger partial charge >= 0.3 is 0 Å². The molecule has 1 aliphatic rings. The van der Waals surface area contributed by atoms with Crippen LogP contribution in [-0.2, 0) is 0 Å². The summed E-state index contributed by atoms with van der Waals surface area (Å²) in [4.78, 5) is 2.32. The monoisotopic (exact) mass is 223 g/mol. The highest BCUT2D eigenvalue weighted by molar-refractivity contribution is 5.52. The number of likely N-dealkylation sites (tertiary alicyclic amines) is 1. The molecule has 0 aromatic heterocycles. The van der Waals surface area contributed by atoms with Crippen LogP contribution < -0.4 is 11.1 Å².